The van der Waals surface area contributed by atoms with Crippen LogP contribution in [0, 0.1) is 0 Å². The summed E-state index contributed by atoms with van der Waals surface area (Å²) in [5.41, 5.74) is 0.603. The van der Waals surface area contributed by atoms with Crippen LogP contribution in [0.4, 0.5) is 13.2 Å². The maximum absolute atomic E-state index is 13.6. The second kappa shape index (κ2) is 12.4. The Morgan fingerprint density at radius 3 is 2.51 bits per heavy atom. The quantitative estimate of drug-likeness (QED) is 0.427. The van der Waals surface area contributed by atoms with Crippen LogP contribution in [0.15, 0.2) is 65.3 Å². The highest BCUT2D eigenvalue weighted by Crippen LogP contribution is 2.32. The van der Waals surface area contributed by atoms with Gasteiger partial charge in [-0.1, -0.05) is 48.5 Å². The predicted octanol–water partition coefficient (Wildman–Crippen LogP) is 4.52. The van der Waals surface area contributed by atoms with Gasteiger partial charge >= 0.3 is 6.18 Å². The fourth-order valence-electron chi connectivity index (χ4n) is 4.27. The number of carbonyl (C=O) groups is 1. The summed E-state index contributed by atoms with van der Waals surface area (Å²) in [5, 5.41) is 2.89. The standard InChI is InChI=1S/C27H31F3N4O3/c1-20(21-7-3-2-4-8-21)31-26(35)24-19-37-25(32-24)18-34(12-11-33-13-15-36-16-14-33)17-22-9-5-6-10-23(22)27(28,29)30/h2-10,19-20H,11-18H2,1H3,(H,31,35). The molecule has 0 saturated carbocycles. The number of nitrogens with zero attached hydrogens (tertiary/aromatic N) is 3. The van der Waals surface area contributed by atoms with Gasteiger partial charge in [0.2, 0.25) is 5.89 Å². The Labute approximate surface area is 214 Å². The van der Waals surface area contributed by atoms with Crippen LogP contribution in [0.1, 0.15) is 46.0 Å². The van der Waals surface area contributed by atoms with Crippen LogP contribution in [0.2, 0.25) is 0 Å². The summed E-state index contributed by atoms with van der Waals surface area (Å²) in [4.78, 5) is 21.1. The first-order chi connectivity index (χ1) is 17.8. The van der Waals surface area contributed by atoms with Crippen molar-refractivity contribution in [3.05, 3.63) is 89.1 Å². The number of hydrogen-bond donors (Lipinski definition) is 1. The van der Waals surface area contributed by atoms with Gasteiger partial charge in [-0.3, -0.25) is 14.6 Å². The van der Waals surface area contributed by atoms with Crippen molar-refractivity contribution in [1.29, 1.82) is 0 Å². The zero-order valence-electron chi connectivity index (χ0n) is 20.7. The van der Waals surface area contributed by atoms with E-state index in [1.54, 1.807) is 6.07 Å². The van der Waals surface area contributed by atoms with E-state index in [2.05, 4.69) is 15.2 Å². The molecule has 0 bridgehead atoms. The first-order valence-electron chi connectivity index (χ1n) is 12.3. The Hall–Kier alpha value is -3.21. The van der Waals surface area contributed by atoms with Crippen LogP contribution in [-0.4, -0.2) is 60.1 Å². The number of rotatable bonds is 10. The number of benzene rings is 2. The molecule has 2 heterocycles. The number of nitrogens with one attached hydrogen (secondary N) is 1. The minimum Gasteiger partial charge on any atom is -0.447 e. The highest BCUT2D eigenvalue weighted by molar-refractivity contribution is 5.92. The van der Waals surface area contributed by atoms with Gasteiger partial charge in [-0.05, 0) is 24.1 Å². The number of morpholine rings is 1. The van der Waals surface area contributed by atoms with Crippen molar-refractivity contribution >= 4 is 5.91 Å². The molecule has 1 N–H and O–H groups in total. The summed E-state index contributed by atoms with van der Waals surface area (Å²) >= 11 is 0. The average molecular weight is 517 g/mol. The summed E-state index contributed by atoms with van der Waals surface area (Å²) in [6.45, 7) is 6.09. The number of alkyl halides is 3. The minimum absolute atomic E-state index is 0.0645. The molecule has 0 aliphatic carbocycles. The number of halogens is 3. The van der Waals surface area contributed by atoms with Crippen molar-refractivity contribution in [3.63, 3.8) is 0 Å². The summed E-state index contributed by atoms with van der Waals surface area (Å²) in [7, 11) is 0. The third-order valence-corrected chi connectivity index (χ3v) is 6.34. The Bertz CT molecular complexity index is 1150. The summed E-state index contributed by atoms with van der Waals surface area (Å²) in [6.07, 6.45) is -3.16. The number of carbonyl (C=O) groups excluding carboxylic acids is 1. The van der Waals surface area contributed by atoms with E-state index < -0.39 is 11.7 Å². The molecule has 1 amide bonds. The van der Waals surface area contributed by atoms with Gasteiger partial charge in [-0.15, -0.1) is 0 Å². The number of ether oxygens (including phenoxy) is 1. The van der Waals surface area contributed by atoms with E-state index in [0.717, 1.165) is 24.7 Å². The fraction of sp³-hybridized carbons (Fsp3) is 0.407. The van der Waals surface area contributed by atoms with Gasteiger partial charge in [-0.2, -0.15) is 13.2 Å². The van der Waals surface area contributed by atoms with Crippen LogP contribution in [0.3, 0.4) is 0 Å². The number of aromatic nitrogens is 1. The van der Waals surface area contributed by atoms with Gasteiger partial charge in [0, 0.05) is 32.7 Å². The van der Waals surface area contributed by atoms with E-state index in [9.17, 15) is 18.0 Å². The van der Waals surface area contributed by atoms with E-state index in [-0.39, 0.29) is 42.2 Å². The molecule has 7 nitrogen and oxygen atoms in total. The molecule has 1 atom stereocenters. The molecule has 1 aromatic heterocycles. The molecule has 4 rings (SSSR count). The van der Waals surface area contributed by atoms with E-state index in [4.69, 9.17) is 9.15 Å². The lowest BCUT2D eigenvalue weighted by Crippen LogP contribution is -2.41. The molecule has 198 valence electrons. The van der Waals surface area contributed by atoms with Crippen molar-refractivity contribution in [3.8, 4) is 0 Å². The molecule has 1 aliphatic rings. The molecule has 3 aromatic rings. The van der Waals surface area contributed by atoms with Gasteiger partial charge in [0.25, 0.3) is 5.91 Å². The lowest BCUT2D eigenvalue weighted by molar-refractivity contribution is -0.138. The molecule has 10 heteroatoms. The Balaban J connectivity index is 1.45. The fourth-order valence-corrected chi connectivity index (χ4v) is 4.27. The van der Waals surface area contributed by atoms with Gasteiger partial charge in [0.05, 0.1) is 31.4 Å². The third-order valence-electron chi connectivity index (χ3n) is 6.34. The Morgan fingerprint density at radius 1 is 1.08 bits per heavy atom. The molecule has 2 aromatic carbocycles. The molecular weight excluding hydrogens is 485 g/mol. The maximum atomic E-state index is 13.6. The number of oxazole rings is 1. The van der Waals surface area contributed by atoms with Crippen molar-refractivity contribution in [2.24, 2.45) is 0 Å². The zero-order chi connectivity index (χ0) is 26.3. The van der Waals surface area contributed by atoms with Crippen LogP contribution >= 0.6 is 0 Å². The lowest BCUT2D eigenvalue weighted by atomic mass is 10.1. The molecule has 0 spiro atoms. The third kappa shape index (κ3) is 7.64. The first-order valence-corrected chi connectivity index (χ1v) is 12.3. The summed E-state index contributed by atoms with van der Waals surface area (Å²) in [6, 6.07) is 14.9. The molecule has 1 fully saturated rings. The molecule has 1 unspecified atom stereocenters. The first kappa shape index (κ1) is 26.8. The molecule has 0 radical (unpaired) electrons. The molecule has 1 saturated heterocycles. The van der Waals surface area contributed by atoms with Crippen molar-refractivity contribution in [1.82, 2.24) is 20.1 Å². The Kier molecular flexibility index (Phi) is 8.96. The van der Waals surface area contributed by atoms with E-state index in [0.29, 0.717) is 26.3 Å². The van der Waals surface area contributed by atoms with E-state index in [1.165, 1.54) is 18.4 Å². The monoisotopic (exact) mass is 516 g/mol. The van der Waals surface area contributed by atoms with Crippen molar-refractivity contribution < 1.29 is 27.1 Å². The number of hydrogen-bond acceptors (Lipinski definition) is 6. The van der Waals surface area contributed by atoms with Gasteiger partial charge in [-0.25, -0.2) is 4.98 Å². The average Bonchev–Trinajstić information content (AvgIpc) is 3.37. The minimum atomic E-state index is -4.45. The van der Waals surface area contributed by atoms with Gasteiger partial charge in [0.1, 0.15) is 6.26 Å². The van der Waals surface area contributed by atoms with Gasteiger partial charge < -0.3 is 14.5 Å². The molecule has 1 aliphatic heterocycles. The smallest absolute Gasteiger partial charge is 0.416 e. The highest BCUT2D eigenvalue weighted by Gasteiger charge is 2.33. The van der Waals surface area contributed by atoms with Crippen LogP contribution in [0.25, 0.3) is 0 Å². The highest BCUT2D eigenvalue weighted by atomic mass is 19.4. The van der Waals surface area contributed by atoms with Crippen LogP contribution in [-0.2, 0) is 24.0 Å². The predicted molar refractivity (Wildman–Crippen MR) is 132 cm³/mol. The SMILES string of the molecule is CC(NC(=O)c1coc(CN(CCN2CCOCC2)Cc2ccccc2C(F)(F)F)n1)c1ccccc1. The van der Waals surface area contributed by atoms with E-state index in [1.807, 2.05) is 42.2 Å². The second-order valence-corrected chi connectivity index (χ2v) is 9.05. The Morgan fingerprint density at radius 2 is 1.78 bits per heavy atom. The topological polar surface area (TPSA) is 70.8 Å². The van der Waals surface area contributed by atoms with E-state index >= 15 is 0 Å². The molecule has 37 heavy (non-hydrogen) atoms. The molecular formula is C27H31F3N4O3. The maximum Gasteiger partial charge on any atom is 0.416 e. The van der Waals surface area contributed by atoms with Gasteiger partial charge in [0.15, 0.2) is 5.69 Å². The zero-order valence-corrected chi connectivity index (χ0v) is 20.7. The normalized spacial score (nSPS) is 15.6. The summed E-state index contributed by atoms with van der Waals surface area (Å²) < 4.78 is 51.8. The second-order valence-electron chi connectivity index (χ2n) is 9.05. The largest absolute Gasteiger partial charge is 0.447 e. The van der Waals surface area contributed by atoms with Crippen LogP contribution < -0.4 is 5.32 Å². The number of amides is 1. The summed E-state index contributed by atoms with van der Waals surface area (Å²) in [5.74, 6) is -0.113. The lowest BCUT2D eigenvalue weighted by Gasteiger charge is -2.30. The van der Waals surface area contributed by atoms with Crippen LogP contribution in [0.5, 0.6) is 0 Å². The van der Waals surface area contributed by atoms with Crippen molar-refractivity contribution in [2.75, 3.05) is 39.4 Å². The van der Waals surface area contributed by atoms with Crippen molar-refractivity contribution in [2.45, 2.75) is 32.2 Å².